The average molecular weight is 377 g/mol. The summed E-state index contributed by atoms with van der Waals surface area (Å²) in [6, 6.07) is 12.9. The molecule has 1 aliphatic rings. The second-order valence-electron chi connectivity index (χ2n) is 5.74. The van der Waals surface area contributed by atoms with Gasteiger partial charge in [-0.1, -0.05) is 28.1 Å². The van der Waals surface area contributed by atoms with Crippen LogP contribution in [-0.4, -0.2) is 37.0 Å². The molecule has 0 radical (unpaired) electrons. The number of piperazine rings is 1. The largest absolute Gasteiger partial charge is 0.368 e. The summed E-state index contributed by atoms with van der Waals surface area (Å²) in [6.07, 6.45) is 0. The van der Waals surface area contributed by atoms with Crippen LogP contribution in [0.2, 0.25) is 0 Å². The van der Waals surface area contributed by atoms with E-state index in [2.05, 4.69) is 46.0 Å². The van der Waals surface area contributed by atoms with Crippen molar-refractivity contribution in [2.24, 2.45) is 0 Å². The number of carbonyl (C=O) groups excluding carboxylic acids is 1. The number of anilines is 1. The van der Waals surface area contributed by atoms with Crippen LogP contribution < -0.4 is 4.90 Å². The normalized spacial score (nSPS) is 14.9. The van der Waals surface area contributed by atoms with E-state index >= 15 is 0 Å². The lowest BCUT2D eigenvalue weighted by atomic mass is 10.1. The fraction of sp³-hybridized carbons (Fsp3) is 0.278. The molecule has 2 aromatic rings. The zero-order chi connectivity index (χ0) is 16.4. The van der Waals surface area contributed by atoms with Crippen molar-refractivity contribution in [2.75, 3.05) is 31.1 Å². The summed E-state index contributed by atoms with van der Waals surface area (Å²) in [6.45, 7) is 4.78. The molecule has 5 heteroatoms. The van der Waals surface area contributed by atoms with Crippen LogP contribution in [0.4, 0.5) is 10.1 Å². The third-order valence-electron chi connectivity index (χ3n) is 4.10. The molecule has 23 heavy (non-hydrogen) atoms. The molecule has 0 aliphatic carbocycles. The highest BCUT2D eigenvalue weighted by atomic mass is 79.9. The predicted molar refractivity (Wildman–Crippen MR) is 93.4 cm³/mol. The highest BCUT2D eigenvalue weighted by molar-refractivity contribution is 9.10. The molecule has 0 N–H and O–H groups in total. The van der Waals surface area contributed by atoms with Crippen molar-refractivity contribution < 1.29 is 9.18 Å². The molecule has 0 spiro atoms. The number of halogens is 2. The van der Waals surface area contributed by atoms with Gasteiger partial charge in [0.15, 0.2) is 0 Å². The molecule has 0 atom stereocenters. The van der Waals surface area contributed by atoms with Gasteiger partial charge in [0.05, 0.1) is 5.56 Å². The molecule has 3 nitrogen and oxygen atoms in total. The zero-order valence-electron chi connectivity index (χ0n) is 12.9. The Labute approximate surface area is 143 Å². The zero-order valence-corrected chi connectivity index (χ0v) is 14.5. The van der Waals surface area contributed by atoms with Gasteiger partial charge in [0.2, 0.25) is 0 Å². The molecule has 0 bridgehead atoms. The van der Waals surface area contributed by atoms with Gasteiger partial charge >= 0.3 is 0 Å². The third-order valence-corrected chi connectivity index (χ3v) is 4.59. The maximum Gasteiger partial charge on any atom is 0.256 e. The third kappa shape index (κ3) is 3.55. The Bertz CT molecular complexity index is 727. The van der Waals surface area contributed by atoms with Crippen molar-refractivity contribution in [3.05, 3.63) is 63.9 Å². The van der Waals surface area contributed by atoms with Crippen molar-refractivity contribution >= 4 is 27.5 Å². The fourth-order valence-electron chi connectivity index (χ4n) is 2.83. The molecule has 1 amide bonds. The second-order valence-corrected chi connectivity index (χ2v) is 6.66. The van der Waals surface area contributed by atoms with Crippen molar-refractivity contribution in [1.82, 2.24) is 4.90 Å². The van der Waals surface area contributed by atoms with Gasteiger partial charge in [-0.2, -0.15) is 0 Å². The number of rotatable bonds is 2. The van der Waals surface area contributed by atoms with Crippen molar-refractivity contribution in [1.29, 1.82) is 0 Å². The van der Waals surface area contributed by atoms with E-state index in [1.807, 2.05) is 6.07 Å². The molecule has 1 fully saturated rings. The summed E-state index contributed by atoms with van der Waals surface area (Å²) in [5.74, 6) is -0.718. The lowest BCUT2D eigenvalue weighted by molar-refractivity contribution is 0.0742. The summed E-state index contributed by atoms with van der Waals surface area (Å²) < 4.78 is 14.6. The maximum atomic E-state index is 14.0. The van der Waals surface area contributed by atoms with Crippen LogP contribution in [0.5, 0.6) is 0 Å². The van der Waals surface area contributed by atoms with Crippen molar-refractivity contribution in [2.45, 2.75) is 6.92 Å². The topological polar surface area (TPSA) is 23.6 Å². The summed E-state index contributed by atoms with van der Waals surface area (Å²) in [5, 5.41) is 0. The van der Waals surface area contributed by atoms with Crippen LogP contribution in [0, 0.1) is 12.7 Å². The number of nitrogens with zero attached hydrogens (tertiary/aromatic N) is 2. The van der Waals surface area contributed by atoms with Crippen LogP contribution >= 0.6 is 15.9 Å². The van der Waals surface area contributed by atoms with E-state index in [9.17, 15) is 9.18 Å². The Kier molecular flexibility index (Phi) is 4.66. The quantitative estimate of drug-likeness (QED) is 0.794. The first-order valence-corrected chi connectivity index (χ1v) is 8.40. The van der Waals surface area contributed by atoms with E-state index in [4.69, 9.17) is 0 Å². The first kappa shape index (κ1) is 16.0. The molecule has 0 aromatic heterocycles. The molecule has 2 aromatic carbocycles. The van der Waals surface area contributed by atoms with Crippen LogP contribution in [0.1, 0.15) is 15.9 Å². The standard InChI is InChI=1S/C18H18BrFN2O/c1-13-3-2-4-15(11-13)21-7-9-22(10-8-21)18(23)16-6-5-14(19)12-17(16)20/h2-6,11-12H,7-10H2,1H3. The van der Waals surface area contributed by atoms with Crippen LogP contribution in [0.15, 0.2) is 46.9 Å². The molecule has 0 unspecified atom stereocenters. The predicted octanol–water partition coefficient (Wildman–Crippen LogP) is 3.86. The lowest BCUT2D eigenvalue weighted by Gasteiger charge is -2.36. The summed E-state index contributed by atoms with van der Waals surface area (Å²) in [5.41, 5.74) is 2.53. The maximum absolute atomic E-state index is 14.0. The van der Waals surface area contributed by atoms with Crippen molar-refractivity contribution in [3.63, 3.8) is 0 Å². The molecule has 1 heterocycles. The number of hydrogen-bond acceptors (Lipinski definition) is 2. The molecule has 3 rings (SSSR count). The van der Waals surface area contributed by atoms with E-state index in [0.717, 1.165) is 13.1 Å². The minimum atomic E-state index is -0.481. The van der Waals surface area contributed by atoms with E-state index < -0.39 is 5.82 Å². The molecule has 0 saturated carbocycles. The van der Waals surface area contributed by atoms with Gasteiger partial charge in [0.1, 0.15) is 5.82 Å². The van der Waals surface area contributed by atoms with Crippen LogP contribution in [-0.2, 0) is 0 Å². The number of carbonyl (C=O) groups is 1. The second kappa shape index (κ2) is 6.71. The molecule has 1 saturated heterocycles. The highest BCUT2D eigenvalue weighted by Gasteiger charge is 2.24. The minimum absolute atomic E-state index is 0.136. The Morgan fingerprint density at radius 3 is 2.48 bits per heavy atom. The first-order valence-electron chi connectivity index (χ1n) is 7.60. The smallest absolute Gasteiger partial charge is 0.256 e. The number of amides is 1. The van der Waals surface area contributed by atoms with Crippen LogP contribution in [0.3, 0.4) is 0 Å². The first-order chi connectivity index (χ1) is 11.0. The van der Waals surface area contributed by atoms with Gasteiger partial charge < -0.3 is 9.80 Å². The number of aryl methyl sites for hydroxylation is 1. The van der Waals surface area contributed by atoms with E-state index in [1.54, 1.807) is 11.0 Å². The molecular weight excluding hydrogens is 359 g/mol. The van der Waals surface area contributed by atoms with Crippen LogP contribution in [0.25, 0.3) is 0 Å². The highest BCUT2D eigenvalue weighted by Crippen LogP contribution is 2.20. The Morgan fingerprint density at radius 2 is 1.83 bits per heavy atom. The Morgan fingerprint density at radius 1 is 1.09 bits per heavy atom. The summed E-state index contributed by atoms with van der Waals surface area (Å²) >= 11 is 3.21. The van der Waals surface area contributed by atoms with Gasteiger partial charge in [-0.15, -0.1) is 0 Å². The Hall–Kier alpha value is -1.88. The van der Waals surface area contributed by atoms with E-state index in [0.29, 0.717) is 17.6 Å². The lowest BCUT2D eigenvalue weighted by Crippen LogP contribution is -2.49. The van der Waals surface area contributed by atoms with Gasteiger partial charge in [0, 0.05) is 36.3 Å². The van der Waals surface area contributed by atoms with Gasteiger partial charge in [-0.3, -0.25) is 4.79 Å². The van der Waals surface area contributed by atoms with Gasteiger partial charge in [0.25, 0.3) is 5.91 Å². The minimum Gasteiger partial charge on any atom is -0.368 e. The molecule has 120 valence electrons. The van der Waals surface area contributed by atoms with Gasteiger partial charge in [-0.25, -0.2) is 4.39 Å². The molecule has 1 aliphatic heterocycles. The van der Waals surface area contributed by atoms with E-state index in [1.165, 1.54) is 23.4 Å². The fourth-order valence-corrected chi connectivity index (χ4v) is 3.16. The average Bonchev–Trinajstić information content (AvgIpc) is 2.54. The SMILES string of the molecule is Cc1cccc(N2CCN(C(=O)c3ccc(Br)cc3F)CC2)c1. The van der Waals surface area contributed by atoms with Crippen molar-refractivity contribution in [3.8, 4) is 0 Å². The number of benzene rings is 2. The summed E-state index contributed by atoms with van der Waals surface area (Å²) in [7, 11) is 0. The monoisotopic (exact) mass is 376 g/mol. The van der Waals surface area contributed by atoms with E-state index in [-0.39, 0.29) is 11.5 Å². The molecular formula is C18H18BrFN2O. The van der Waals surface area contributed by atoms with Gasteiger partial charge in [-0.05, 0) is 42.8 Å². The Balaban J connectivity index is 1.68. The number of hydrogen-bond donors (Lipinski definition) is 0. The summed E-state index contributed by atoms with van der Waals surface area (Å²) in [4.78, 5) is 16.5.